The first-order valence-corrected chi connectivity index (χ1v) is 3.30. The van der Waals surface area contributed by atoms with Gasteiger partial charge in [-0.1, -0.05) is 0 Å². The summed E-state index contributed by atoms with van der Waals surface area (Å²) < 4.78 is 4.37. The van der Waals surface area contributed by atoms with Crippen molar-refractivity contribution in [2.24, 2.45) is 5.73 Å². The summed E-state index contributed by atoms with van der Waals surface area (Å²) in [7, 11) is 1.19. The van der Waals surface area contributed by atoms with E-state index in [2.05, 4.69) is 14.9 Å². The monoisotopic (exact) mass is 184 g/mol. The van der Waals surface area contributed by atoms with Gasteiger partial charge in [-0.05, 0) is 0 Å². The zero-order valence-electron chi connectivity index (χ0n) is 6.83. The molecule has 13 heavy (non-hydrogen) atoms. The number of hydrogen-bond acceptors (Lipinski definition) is 5. The molecular weight excluding hydrogens is 176 g/mol. The molecule has 1 aromatic heterocycles. The van der Waals surface area contributed by atoms with Gasteiger partial charge in [0.2, 0.25) is 0 Å². The second-order valence-electron chi connectivity index (χ2n) is 2.22. The van der Waals surface area contributed by atoms with E-state index in [-0.39, 0.29) is 17.1 Å². The highest BCUT2D eigenvalue weighted by Crippen LogP contribution is 2.13. The lowest BCUT2D eigenvalue weighted by Gasteiger charge is -1.95. The number of hydrogen-bond donors (Lipinski definition) is 3. The molecule has 0 spiro atoms. The summed E-state index contributed by atoms with van der Waals surface area (Å²) >= 11 is 0. The lowest BCUT2D eigenvalue weighted by molar-refractivity contribution is 0.0595. The molecule has 0 atom stereocenters. The highest BCUT2D eigenvalue weighted by molar-refractivity contribution is 6.02. The van der Waals surface area contributed by atoms with Crippen LogP contribution in [0.3, 0.4) is 0 Å². The van der Waals surface area contributed by atoms with Gasteiger partial charge in [0.15, 0.2) is 11.4 Å². The van der Waals surface area contributed by atoms with Crippen molar-refractivity contribution in [3.63, 3.8) is 0 Å². The molecule has 7 heteroatoms. The molecule has 0 bridgehead atoms. The van der Waals surface area contributed by atoms with E-state index in [9.17, 15) is 9.59 Å². The Morgan fingerprint density at radius 3 is 2.54 bits per heavy atom. The zero-order valence-corrected chi connectivity index (χ0v) is 6.83. The average molecular weight is 184 g/mol. The van der Waals surface area contributed by atoms with E-state index < -0.39 is 11.9 Å². The number of methoxy groups -OCH3 is 1. The number of nitrogens with zero attached hydrogens (tertiary/aromatic N) is 1. The predicted octanol–water partition coefficient (Wildman–Crippen LogP) is -1.12. The van der Waals surface area contributed by atoms with E-state index in [0.29, 0.717) is 0 Å². The predicted molar refractivity (Wildman–Crippen MR) is 42.9 cm³/mol. The average Bonchev–Trinajstić information content (AvgIpc) is 2.46. The zero-order chi connectivity index (χ0) is 10.0. The van der Waals surface area contributed by atoms with Crippen molar-refractivity contribution in [3.8, 4) is 0 Å². The summed E-state index contributed by atoms with van der Waals surface area (Å²) in [5, 5.41) is 5.71. The molecule has 0 aliphatic heterocycles. The van der Waals surface area contributed by atoms with Crippen LogP contribution in [0.4, 0.5) is 5.69 Å². The fraction of sp³-hybridized carbons (Fsp3) is 0.167. The lowest BCUT2D eigenvalue weighted by atomic mass is 10.3. The first-order chi connectivity index (χ1) is 6.07. The molecule has 0 aromatic carbocycles. The molecule has 0 saturated heterocycles. The summed E-state index contributed by atoms with van der Waals surface area (Å²) in [5.41, 5.74) is 9.96. The van der Waals surface area contributed by atoms with Crippen LogP contribution >= 0.6 is 0 Å². The van der Waals surface area contributed by atoms with Crippen LogP contribution in [0.25, 0.3) is 0 Å². The summed E-state index contributed by atoms with van der Waals surface area (Å²) in [6.07, 6.45) is 0. The number of primary amides is 1. The fourth-order valence-electron chi connectivity index (χ4n) is 0.796. The van der Waals surface area contributed by atoms with Crippen LogP contribution in [0.1, 0.15) is 21.0 Å². The number of esters is 1. The largest absolute Gasteiger partial charge is 0.464 e. The van der Waals surface area contributed by atoms with E-state index in [1.807, 2.05) is 0 Å². The smallest absolute Gasteiger partial charge is 0.358 e. The van der Waals surface area contributed by atoms with E-state index in [4.69, 9.17) is 11.5 Å². The van der Waals surface area contributed by atoms with Gasteiger partial charge in [0.25, 0.3) is 5.91 Å². The third kappa shape index (κ3) is 1.43. The van der Waals surface area contributed by atoms with E-state index in [0.717, 1.165) is 0 Å². The third-order valence-corrected chi connectivity index (χ3v) is 1.43. The topological polar surface area (TPSA) is 124 Å². The van der Waals surface area contributed by atoms with Gasteiger partial charge in [-0.15, -0.1) is 0 Å². The van der Waals surface area contributed by atoms with Crippen LogP contribution in [-0.4, -0.2) is 29.2 Å². The first kappa shape index (κ1) is 9.04. The Morgan fingerprint density at radius 2 is 2.15 bits per heavy atom. The normalized spacial score (nSPS) is 9.62. The molecular formula is C6H8N4O3. The maximum Gasteiger partial charge on any atom is 0.358 e. The van der Waals surface area contributed by atoms with Crippen molar-refractivity contribution >= 4 is 17.6 Å². The Balaban J connectivity index is 3.13. The van der Waals surface area contributed by atoms with Crippen molar-refractivity contribution < 1.29 is 14.3 Å². The highest BCUT2D eigenvalue weighted by Gasteiger charge is 2.19. The number of nitrogens with two attached hydrogens (primary N) is 2. The number of aromatic nitrogens is 2. The Kier molecular flexibility index (Phi) is 2.18. The van der Waals surface area contributed by atoms with Crippen LogP contribution in [0.2, 0.25) is 0 Å². The van der Waals surface area contributed by atoms with Crippen molar-refractivity contribution in [1.29, 1.82) is 0 Å². The molecule has 0 radical (unpaired) electrons. The molecule has 0 aliphatic carbocycles. The highest BCUT2D eigenvalue weighted by atomic mass is 16.5. The second kappa shape index (κ2) is 3.13. The molecule has 0 fully saturated rings. The maximum atomic E-state index is 10.9. The van der Waals surface area contributed by atoms with Gasteiger partial charge in [0.05, 0.1) is 12.8 Å². The van der Waals surface area contributed by atoms with Crippen molar-refractivity contribution in [2.75, 3.05) is 12.8 Å². The third-order valence-electron chi connectivity index (χ3n) is 1.43. The van der Waals surface area contributed by atoms with Crippen LogP contribution in [-0.2, 0) is 4.74 Å². The van der Waals surface area contributed by atoms with Crippen molar-refractivity contribution in [1.82, 2.24) is 10.2 Å². The summed E-state index contributed by atoms with van der Waals surface area (Å²) in [6.45, 7) is 0. The first-order valence-electron chi connectivity index (χ1n) is 3.30. The molecule has 1 heterocycles. The van der Waals surface area contributed by atoms with Gasteiger partial charge in [-0.3, -0.25) is 9.89 Å². The molecule has 5 N–H and O–H groups in total. The number of carbonyl (C=O) groups is 2. The standard InChI is InChI=1S/C6H8N4O3/c1-13-6(12)4-2(7)3(5(8)11)9-10-4/h7H2,1H3,(H2,8,11)(H,9,10). The van der Waals surface area contributed by atoms with E-state index in [1.54, 1.807) is 0 Å². The van der Waals surface area contributed by atoms with Gasteiger partial charge < -0.3 is 16.2 Å². The Labute approximate surface area is 73.0 Å². The minimum atomic E-state index is -0.802. The van der Waals surface area contributed by atoms with Crippen molar-refractivity contribution in [2.45, 2.75) is 0 Å². The van der Waals surface area contributed by atoms with Gasteiger partial charge in [0, 0.05) is 0 Å². The minimum Gasteiger partial charge on any atom is -0.464 e. The lowest BCUT2D eigenvalue weighted by Crippen LogP contribution is -2.14. The number of aromatic amines is 1. The number of anilines is 1. The fourth-order valence-corrected chi connectivity index (χ4v) is 0.796. The number of amides is 1. The quantitative estimate of drug-likeness (QED) is 0.502. The number of rotatable bonds is 2. The van der Waals surface area contributed by atoms with Crippen LogP contribution < -0.4 is 11.5 Å². The molecule has 0 saturated carbocycles. The number of nitrogens with one attached hydrogen (secondary N) is 1. The molecule has 0 aliphatic rings. The van der Waals surface area contributed by atoms with Crippen LogP contribution in [0.5, 0.6) is 0 Å². The van der Waals surface area contributed by atoms with E-state index >= 15 is 0 Å². The SMILES string of the molecule is COC(=O)c1[nH]nc(C(N)=O)c1N. The van der Waals surface area contributed by atoms with Crippen LogP contribution in [0, 0.1) is 0 Å². The molecule has 0 unspecified atom stereocenters. The van der Waals surface area contributed by atoms with Crippen LogP contribution in [0.15, 0.2) is 0 Å². The molecule has 7 nitrogen and oxygen atoms in total. The minimum absolute atomic E-state index is 0.0729. The summed E-state index contributed by atoms with van der Waals surface area (Å²) in [6, 6.07) is 0. The Bertz CT molecular complexity index is 357. The summed E-state index contributed by atoms with van der Waals surface area (Å²) in [5.74, 6) is -1.50. The molecule has 1 aromatic rings. The Morgan fingerprint density at radius 1 is 1.54 bits per heavy atom. The van der Waals surface area contributed by atoms with Gasteiger partial charge in [0.1, 0.15) is 0 Å². The second-order valence-corrected chi connectivity index (χ2v) is 2.22. The molecule has 70 valence electrons. The Hall–Kier alpha value is -2.05. The number of carbonyl (C=O) groups excluding carboxylic acids is 2. The van der Waals surface area contributed by atoms with E-state index in [1.165, 1.54) is 7.11 Å². The number of nitrogen functional groups attached to an aromatic ring is 1. The maximum absolute atomic E-state index is 10.9. The van der Waals surface area contributed by atoms with Gasteiger partial charge >= 0.3 is 5.97 Å². The van der Waals surface area contributed by atoms with Gasteiger partial charge in [-0.2, -0.15) is 5.10 Å². The van der Waals surface area contributed by atoms with Crippen molar-refractivity contribution in [3.05, 3.63) is 11.4 Å². The molecule has 1 amide bonds. The summed E-state index contributed by atoms with van der Waals surface area (Å²) in [4.78, 5) is 21.6. The number of H-pyrrole nitrogens is 1. The molecule has 1 rings (SSSR count). The number of ether oxygens (including phenoxy) is 1. The van der Waals surface area contributed by atoms with Gasteiger partial charge in [-0.25, -0.2) is 4.79 Å².